The molecule has 0 amide bonds. The van der Waals surface area contributed by atoms with Gasteiger partial charge in [-0.1, -0.05) is 0 Å². The Kier molecular flexibility index (Phi) is 2.44. The van der Waals surface area contributed by atoms with Crippen LogP contribution in [-0.4, -0.2) is 27.3 Å². The van der Waals surface area contributed by atoms with Crippen LogP contribution in [0.2, 0.25) is 0 Å². The van der Waals surface area contributed by atoms with Gasteiger partial charge in [0.1, 0.15) is 0 Å². The molecule has 7 heavy (non-hydrogen) atoms. The van der Waals surface area contributed by atoms with Crippen molar-refractivity contribution in [3.8, 4) is 0 Å². The first-order chi connectivity index (χ1) is 3.43. The van der Waals surface area contributed by atoms with Crippen molar-refractivity contribution in [2.75, 3.05) is 0 Å². The van der Waals surface area contributed by atoms with Crippen LogP contribution < -0.4 is 3.78 Å². The maximum atomic E-state index is 2.63. The molecular formula is C4H4SSe2. The summed E-state index contributed by atoms with van der Waals surface area (Å²) in [6.45, 7) is 0. The standard InChI is InChI=1S/C4H4SSe2/c6-7-4-2-1-3-5-4/h1-3,6H. The first-order valence-electron chi connectivity index (χ1n) is 1.78. The molecule has 0 nitrogen and oxygen atoms in total. The van der Waals surface area contributed by atoms with Crippen LogP contribution >= 0.6 is 11.3 Å². The Morgan fingerprint density at radius 2 is 2.57 bits per heavy atom. The third-order valence-electron chi connectivity index (χ3n) is 0.585. The maximum absolute atomic E-state index is 2.63. The minimum atomic E-state index is 0.654. The first-order valence-corrected chi connectivity index (χ1v) is 8.26. The van der Waals surface area contributed by atoms with E-state index in [4.69, 9.17) is 0 Å². The Labute approximate surface area is 59.8 Å². The molecule has 0 aromatic carbocycles. The van der Waals surface area contributed by atoms with E-state index in [1.165, 1.54) is 3.78 Å². The number of hydrogen-bond acceptors (Lipinski definition) is 1. The summed E-state index contributed by atoms with van der Waals surface area (Å²) in [6.07, 6.45) is 0. The van der Waals surface area contributed by atoms with Gasteiger partial charge in [0.2, 0.25) is 0 Å². The Morgan fingerprint density at radius 3 is 2.86 bits per heavy atom. The van der Waals surface area contributed by atoms with Crippen molar-refractivity contribution >= 4 is 42.4 Å². The Hall–Kier alpha value is 0.739. The second-order valence-electron chi connectivity index (χ2n) is 1.02. The van der Waals surface area contributed by atoms with Crippen LogP contribution in [0.5, 0.6) is 0 Å². The second-order valence-corrected chi connectivity index (χ2v) is 5.85. The first kappa shape index (κ1) is 5.87. The van der Waals surface area contributed by atoms with Gasteiger partial charge in [0.15, 0.2) is 0 Å². The van der Waals surface area contributed by atoms with Gasteiger partial charge in [-0.05, 0) is 0 Å². The van der Waals surface area contributed by atoms with E-state index in [1.807, 2.05) is 11.3 Å². The molecule has 0 aliphatic rings. The molecule has 0 unspecified atom stereocenters. The molecule has 0 fully saturated rings. The Bertz CT molecular complexity index is 124. The number of thiophene rings is 1. The quantitative estimate of drug-likeness (QED) is 0.603. The van der Waals surface area contributed by atoms with E-state index >= 15 is 0 Å². The van der Waals surface area contributed by atoms with Gasteiger partial charge in [-0.15, -0.1) is 0 Å². The van der Waals surface area contributed by atoms with Gasteiger partial charge in [0, 0.05) is 0 Å². The van der Waals surface area contributed by atoms with Crippen molar-refractivity contribution in [2.24, 2.45) is 0 Å². The van der Waals surface area contributed by atoms with E-state index in [1.54, 1.807) is 0 Å². The summed E-state index contributed by atoms with van der Waals surface area (Å²) < 4.78 is 1.51. The monoisotopic (exact) mass is 244 g/mol. The van der Waals surface area contributed by atoms with E-state index < -0.39 is 0 Å². The third-order valence-corrected chi connectivity index (χ3v) is 6.49. The molecule has 0 N–H and O–H groups in total. The predicted octanol–water partition coefficient (Wildman–Crippen LogP) is -0.107. The Balaban J connectivity index is 2.76. The fraction of sp³-hybridized carbons (Fsp3) is 0. The number of hydrogen-bond donors (Lipinski definition) is 0. The van der Waals surface area contributed by atoms with E-state index in [-0.39, 0.29) is 0 Å². The fourth-order valence-corrected chi connectivity index (χ4v) is 3.79. The van der Waals surface area contributed by atoms with E-state index in [0.717, 1.165) is 0 Å². The molecule has 0 aliphatic carbocycles. The van der Waals surface area contributed by atoms with Gasteiger partial charge in [0.05, 0.1) is 0 Å². The summed E-state index contributed by atoms with van der Waals surface area (Å²) in [7, 11) is 0. The molecule has 0 saturated carbocycles. The molecule has 1 rings (SSSR count). The summed E-state index contributed by atoms with van der Waals surface area (Å²) >= 11 is 5.12. The zero-order chi connectivity index (χ0) is 5.11. The van der Waals surface area contributed by atoms with Gasteiger partial charge in [-0.2, -0.15) is 0 Å². The summed E-state index contributed by atoms with van der Waals surface area (Å²) in [5.41, 5.74) is 0. The van der Waals surface area contributed by atoms with Crippen molar-refractivity contribution in [3.05, 3.63) is 17.5 Å². The van der Waals surface area contributed by atoms with Crippen molar-refractivity contribution in [1.29, 1.82) is 0 Å². The molecule has 3 heteroatoms. The molecule has 0 spiro atoms. The van der Waals surface area contributed by atoms with Crippen LogP contribution in [0.25, 0.3) is 0 Å². The van der Waals surface area contributed by atoms with Crippen LogP contribution in [-0.2, 0) is 0 Å². The van der Waals surface area contributed by atoms with Crippen LogP contribution in [0.15, 0.2) is 17.5 Å². The molecule has 0 bridgehead atoms. The number of rotatable bonds is 1. The van der Waals surface area contributed by atoms with Crippen LogP contribution in [0.1, 0.15) is 0 Å². The SMILES string of the molecule is [SeH][Se]c1cccs1. The summed E-state index contributed by atoms with van der Waals surface area (Å²) in [4.78, 5) is 0. The van der Waals surface area contributed by atoms with Crippen LogP contribution in [0.4, 0.5) is 0 Å². The van der Waals surface area contributed by atoms with Gasteiger partial charge < -0.3 is 0 Å². The molecule has 0 atom stereocenters. The van der Waals surface area contributed by atoms with Crippen molar-refractivity contribution in [2.45, 2.75) is 0 Å². The zero-order valence-electron chi connectivity index (χ0n) is 3.50. The van der Waals surface area contributed by atoms with E-state index in [2.05, 4.69) is 31.7 Å². The summed E-state index contributed by atoms with van der Waals surface area (Å²) in [6, 6.07) is 4.26. The average Bonchev–Trinajstić information content (AvgIpc) is 2.14. The van der Waals surface area contributed by atoms with Gasteiger partial charge in [-0.25, -0.2) is 0 Å². The van der Waals surface area contributed by atoms with Crippen LogP contribution in [0, 0.1) is 0 Å². The van der Waals surface area contributed by atoms with Crippen LogP contribution in [0.3, 0.4) is 0 Å². The summed E-state index contributed by atoms with van der Waals surface area (Å²) in [5.74, 6) is 0. The molecular weight excluding hydrogens is 238 g/mol. The normalized spacial score (nSPS) is 9.29. The average molecular weight is 242 g/mol. The topological polar surface area (TPSA) is 0 Å². The third kappa shape index (κ3) is 1.60. The molecule has 1 aromatic rings. The van der Waals surface area contributed by atoms with Crippen molar-refractivity contribution in [3.63, 3.8) is 0 Å². The van der Waals surface area contributed by atoms with E-state index in [0.29, 0.717) is 13.1 Å². The second kappa shape index (κ2) is 2.91. The summed E-state index contributed by atoms with van der Waals surface area (Å²) in [5, 5.41) is 2.12. The minimum absolute atomic E-state index is 0.654. The molecule has 1 aromatic heterocycles. The molecule has 0 radical (unpaired) electrons. The Morgan fingerprint density at radius 1 is 1.71 bits per heavy atom. The zero-order valence-corrected chi connectivity index (χ0v) is 7.90. The van der Waals surface area contributed by atoms with Gasteiger partial charge >= 0.3 is 59.9 Å². The van der Waals surface area contributed by atoms with Gasteiger partial charge in [-0.3, -0.25) is 0 Å². The molecule has 0 aliphatic heterocycles. The fourth-order valence-electron chi connectivity index (χ4n) is 0.315. The predicted molar refractivity (Wildman–Crippen MR) is 36.9 cm³/mol. The van der Waals surface area contributed by atoms with Crippen molar-refractivity contribution in [1.82, 2.24) is 0 Å². The van der Waals surface area contributed by atoms with E-state index in [9.17, 15) is 0 Å². The molecule has 1 heterocycles. The van der Waals surface area contributed by atoms with Gasteiger partial charge in [0.25, 0.3) is 0 Å². The molecule has 0 saturated heterocycles. The molecule has 38 valence electrons. The van der Waals surface area contributed by atoms with Crippen molar-refractivity contribution < 1.29 is 0 Å².